The molecule has 0 saturated heterocycles. The first-order chi connectivity index (χ1) is 10.4. The van der Waals surface area contributed by atoms with Crippen molar-refractivity contribution in [3.05, 3.63) is 15.9 Å². The van der Waals surface area contributed by atoms with E-state index in [-0.39, 0.29) is 5.41 Å². The molecular weight excluding hydrogens is 382 g/mol. The van der Waals surface area contributed by atoms with Gasteiger partial charge in [-0.05, 0) is 89.8 Å². The van der Waals surface area contributed by atoms with Gasteiger partial charge in [-0.2, -0.15) is 4.31 Å². The van der Waals surface area contributed by atoms with E-state index in [0.29, 0.717) is 10.8 Å². The molecule has 1 aromatic rings. The predicted molar refractivity (Wildman–Crippen MR) is 92.4 cm³/mol. The van der Waals surface area contributed by atoms with E-state index in [1.807, 2.05) is 6.07 Å². The van der Waals surface area contributed by atoms with Crippen LogP contribution in [-0.2, 0) is 10.0 Å². The van der Waals surface area contributed by atoms with Gasteiger partial charge in [-0.15, -0.1) is 11.3 Å². The molecule has 0 aromatic carbocycles. The lowest BCUT2D eigenvalue weighted by molar-refractivity contribution is -0.0583. The Labute approximate surface area is 145 Å². The number of thiophene rings is 1. The van der Waals surface area contributed by atoms with Crippen LogP contribution in [0, 0.1) is 23.2 Å². The predicted octanol–water partition coefficient (Wildman–Crippen LogP) is 4.35. The molecule has 0 spiro atoms. The van der Waals surface area contributed by atoms with Gasteiger partial charge in [0.05, 0.1) is 3.79 Å². The van der Waals surface area contributed by atoms with E-state index >= 15 is 0 Å². The van der Waals surface area contributed by atoms with Crippen LogP contribution in [0.3, 0.4) is 0 Å². The molecule has 4 bridgehead atoms. The molecular formula is C16H22BrNO2S2. The molecule has 6 heteroatoms. The van der Waals surface area contributed by atoms with Crippen molar-refractivity contribution in [2.75, 3.05) is 13.6 Å². The molecule has 0 radical (unpaired) electrons. The second-order valence-electron chi connectivity index (χ2n) is 7.74. The summed E-state index contributed by atoms with van der Waals surface area (Å²) in [7, 11) is -1.57. The van der Waals surface area contributed by atoms with Gasteiger partial charge in [0.1, 0.15) is 4.21 Å². The van der Waals surface area contributed by atoms with Crippen LogP contribution in [-0.4, -0.2) is 26.3 Å². The maximum Gasteiger partial charge on any atom is 0.252 e. The normalized spacial score (nSPS) is 37.1. The van der Waals surface area contributed by atoms with E-state index in [2.05, 4.69) is 15.9 Å². The first-order valence-corrected chi connectivity index (χ1v) is 11.1. The van der Waals surface area contributed by atoms with Gasteiger partial charge in [0.2, 0.25) is 0 Å². The molecule has 4 aliphatic carbocycles. The fraction of sp³-hybridized carbons (Fsp3) is 0.750. The molecule has 1 aromatic heterocycles. The van der Waals surface area contributed by atoms with Crippen LogP contribution < -0.4 is 0 Å². The average Bonchev–Trinajstić information content (AvgIpc) is 2.83. The van der Waals surface area contributed by atoms with Gasteiger partial charge >= 0.3 is 0 Å². The van der Waals surface area contributed by atoms with E-state index in [1.54, 1.807) is 17.4 Å². The van der Waals surface area contributed by atoms with Crippen LogP contribution in [0.4, 0.5) is 0 Å². The number of hydrogen-bond acceptors (Lipinski definition) is 3. The summed E-state index contributed by atoms with van der Waals surface area (Å²) in [5.74, 6) is 2.58. The molecule has 0 atom stereocenters. The summed E-state index contributed by atoms with van der Waals surface area (Å²) in [5.41, 5.74) is 0.255. The summed E-state index contributed by atoms with van der Waals surface area (Å²) in [4.78, 5) is 0. The minimum absolute atomic E-state index is 0.255. The van der Waals surface area contributed by atoms with Crippen LogP contribution in [0.5, 0.6) is 0 Å². The lowest BCUT2D eigenvalue weighted by atomic mass is 9.49. The van der Waals surface area contributed by atoms with Gasteiger partial charge in [-0.25, -0.2) is 8.42 Å². The molecule has 122 valence electrons. The molecule has 5 rings (SSSR count). The zero-order valence-electron chi connectivity index (χ0n) is 12.8. The highest BCUT2D eigenvalue weighted by Gasteiger charge is 2.51. The zero-order valence-corrected chi connectivity index (χ0v) is 16.0. The SMILES string of the molecule is CN(CC12CC3CC(CC(C3)C1)C2)S(=O)(=O)c1ccc(Br)s1. The van der Waals surface area contributed by atoms with E-state index in [1.165, 1.54) is 49.9 Å². The van der Waals surface area contributed by atoms with Crippen LogP contribution >= 0.6 is 27.3 Å². The fourth-order valence-corrected chi connectivity index (χ4v) is 9.14. The first-order valence-electron chi connectivity index (χ1n) is 8.08. The van der Waals surface area contributed by atoms with Crippen molar-refractivity contribution in [1.29, 1.82) is 0 Å². The second kappa shape index (κ2) is 5.30. The standard InChI is InChI=1S/C16H22BrNO2S2/c1-18(22(19,20)15-3-2-14(17)21-15)10-16-7-11-4-12(8-16)6-13(5-11)9-16/h2-3,11-13H,4-10H2,1H3. The van der Waals surface area contributed by atoms with Crippen molar-refractivity contribution in [3.63, 3.8) is 0 Å². The minimum Gasteiger partial charge on any atom is -0.206 e. The monoisotopic (exact) mass is 403 g/mol. The van der Waals surface area contributed by atoms with E-state index in [0.717, 1.165) is 21.5 Å². The molecule has 1 heterocycles. The van der Waals surface area contributed by atoms with Gasteiger partial charge in [0.25, 0.3) is 10.0 Å². The van der Waals surface area contributed by atoms with Crippen molar-refractivity contribution < 1.29 is 8.42 Å². The van der Waals surface area contributed by atoms with Crippen LogP contribution in [0.1, 0.15) is 38.5 Å². The third-order valence-electron chi connectivity index (χ3n) is 5.94. The summed E-state index contributed by atoms with van der Waals surface area (Å²) >= 11 is 4.67. The van der Waals surface area contributed by atoms with Gasteiger partial charge in [0.15, 0.2) is 0 Å². The van der Waals surface area contributed by atoms with E-state index in [9.17, 15) is 8.42 Å². The molecule has 4 aliphatic rings. The van der Waals surface area contributed by atoms with Gasteiger partial charge < -0.3 is 0 Å². The summed E-state index contributed by atoms with van der Waals surface area (Å²) < 4.78 is 28.5. The molecule has 0 amide bonds. The Kier molecular flexibility index (Phi) is 3.76. The lowest BCUT2D eigenvalue weighted by Gasteiger charge is -2.57. The number of rotatable bonds is 4. The highest BCUT2D eigenvalue weighted by molar-refractivity contribution is 9.11. The third-order valence-corrected chi connectivity index (χ3v) is 9.83. The first kappa shape index (κ1) is 15.6. The van der Waals surface area contributed by atoms with E-state index in [4.69, 9.17) is 0 Å². The Bertz CT molecular complexity index is 647. The van der Waals surface area contributed by atoms with Crippen molar-refractivity contribution in [3.8, 4) is 0 Å². The van der Waals surface area contributed by atoms with Gasteiger partial charge in [-0.3, -0.25) is 0 Å². The number of halogens is 1. The van der Waals surface area contributed by atoms with Gasteiger partial charge in [0, 0.05) is 13.6 Å². The number of nitrogens with zero attached hydrogens (tertiary/aromatic N) is 1. The van der Waals surface area contributed by atoms with Crippen LogP contribution in [0.15, 0.2) is 20.1 Å². The summed E-state index contributed by atoms with van der Waals surface area (Å²) in [6.45, 7) is 0.703. The highest BCUT2D eigenvalue weighted by Crippen LogP contribution is 2.60. The molecule has 3 nitrogen and oxygen atoms in total. The average molecular weight is 404 g/mol. The quantitative estimate of drug-likeness (QED) is 0.748. The largest absolute Gasteiger partial charge is 0.252 e. The van der Waals surface area contributed by atoms with E-state index < -0.39 is 10.0 Å². The molecule has 4 fully saturated rings. The third kappa shape index (κ3) is 2.60. The number of sulfonamides is 1. The Morgan fingerprint density at radius 1 is 1.18 bits per heavy atom. The maximum atomic E-state index is 12.8. The zero-order chi connectivity index (χ0) is 15.5. The Morgan fingerprint density at radius 2 is 1.73 bits per heavy atom. The molecule has 0 unspecified atom stereocenters. The smallest absolute Gasteiger partial charge is 0.206 e. The fourth-order valence-electron chi connectivity index (χ4n) is 5.63. The van der Waals surface area contributed by atoms with Gasteiger partial charge in [-0.1, -0.05) is 0 Å². The summed E-state index contributed by atoms with van der Waals surface area (Å²) in [6, 6.07) is 3.52. The topological polar surface area (TPSA) is 37.4 Å². The van der Waals surface area contributed by atoms with Crippen molar-refractivity contribution in [2.24, 2.45) is 23.2 Å². The molecule has 0 N–H and O–H groups in total. The van der Waals surface area contributed by atoms with Crippen LogP contribution in [0.25, 0.3) is 0 Å². The highest BCUT2D eigenvalue weighted by atomic mass is 79.9. The minimum atomic E-state index is -3.34. The Hall–Kier alpha value is 0.0900. The molecule has 22 heavy (non-hydrogen) atoms. The Morgan fingerprint density at radius 3 is 2.18 bits per heavy atom. The van der Waals surface area contributed by atoms with Crippen molar-refractivity contribution in [1.82, 2.24) is 4.31 Å². The molecule has 0 aliphatic heterocycles. The lowest BCUT2D eigenvalue weighted by Crippen LogP contribution is -2.51. The van der Waals surface area contributed by atoms with Crippen molar-refractivity contribution >= 4 is 37.3 Å². The second-order valence-corrected chi connectivity index (χ2v) is 12.5. The Balaban J connectivity index is 1.56. The molecule has 4 saturated carbocycles. The van der Waals surface area contributed by atoms with Crippen LogP contribution in [0.2, 0.25) is 0 Å². The number of hydrogen-bond donors (Lipinski definition) is 0. The summed E-state index contributed by atoms with van der Waals surface area (Å²) in [5, 5.41) is 0. The maximum absolute atomic E-state index is 12.8. The summed E-state index contributed by atoms with van der Waals surface area (Å²) in [6.07, 6.45) is 7.92. The van der Waals surface area contributed by atoms with Crippen molar-refractivity contribution in [2.45, 2.75) is 42.7 Å².